The molecule has 0 unspecified atom stereocenters. The second kappa shape index (κ2) is 10.0. The highest BCUT2D eigenvalue weighted by Gasteiger charge is 2.11. The summed E-state index contributed by atoms with van der Waals surface area (Å²) in [6.45, 7) is 0.766. The summed E-state index contributed by atoms with van der Waals surface area (Å²) in [5.41, 5.74) is 1.93. The molecule has 9 heteroatoms. The molecule has 4 aromatic rings. The van der Waals surface area contributed by atoms with Crippen LogP contribution < -0.4 is 4.74 Å². The van der Waals surface area contributed by atoms with Crippen molar-refractivity contribution in [2.24, 2.45) is 0 Å². The minimum Gasteiger partial charge on any atom is -0.495 e. The fraction of sp³-hybridized carbons (Fsp3) is 0.286. The Hall–Kier alpha value is -3.20. The number of aryl methyl sites for hydroxylation is 1. The number of hydrogen-bond acceptors (Lipinski definition) is 7. The van der Waals surface area contributed by atoms with Gasteiger partial charge in [-0.05, 0) is 30.2 Å². The smallest absolute Gasteiger partial charge is 0.204 e. The molecule has 8 nitrogen and oxygen atoms in total. The first-order chi connectivity index (χ1) is 14.8. The Labute approximate surface area is 179 Å². The van der Waals surface area contributed by atoms with E-state index in [4.69, 9.17) is 4.74 Å². The van der Waals surface area contributed by atoms with Crippen LogP contribution in [0.15, 0.2) is 66.1 Å². The lowest BCUT2D eigenvalue weighted by Gasteiger charge is -2.10. The normalized spacial score (nSPS) is 11.0. The molecular formula is C21H23N7OS. The third-order valence-electron chi connectivity index (χ3n) is 4.58. The van der Waals surface area contributed by atoms with Crippen molar-refractivity contribution in [1.82, 2.24) is 35.0 Å². The second-order valence-electron chi connectivity index (χ2n) is 6.64. The van der Waals surface area contributed by atoms with Crippen LogP contribution >= 0.6 is 11.8 Å². The van der Waals surface area contributed by atoms with E-state index in [9.17, 15) is 0 Å². The summed E-state index contributed by atoms with van der Waals surface area (Å²) in [6, 6.07) is 17.8. The summed E-state index contributed by atoms with van der Waals surface area (Å²) in [5, 5.41) is 21.9. The van der Waals surface area contributed by atoms with Gasteiger partial charge in [0.25, 0.3) is 0 Å². The Balaban J connectivity index is 1.22. The van der Waals surface area contributed by atoms with Gasteiger partial charge in [0, 0.05) is 11.3 Å². The monoisotopic (exact) mass is 421 g/mol. The van der Waals surface area contributed by atoms with Gasteiger partial charge in [0.1, 0.15) is 12.1 Å². The van der Waals surface area contributed by atoms with E-state index >= 15 is 0 Å². The third kappa shape index (κ3) is 4.85. The number of para-hydroxylation sites is 2. The molecule has 2 heterocycles. The summed E-state index contributed by atoms with van der Waals surface area (Å²) in [7, 11) is 1.67. The highest BCUT2D eigenvalue weighted by atomic mass is 32.2. The van der Waals surface area contributed by atoms with Crippen LogP contribution in [0.3, 0.4) is 0 Å². The highest BCUT2D eigenvalue weighted by molar-refractivity contribution is 7.99. The number of ether oxygens (including phenoxy) is 1. The predicted octanol–water partition coefficient (Wildman–Crippen LogP) is 3.89. The zero-order valence-corrected chi connectivity index (χ0v) is 17.6. The molecular weight excluding hydrogens is 398 g/mol. The van der Waals surface area contributed by atoms with Gasteiger partial charge < -0.3 is 4.74 Å². The maximum atomic E-state index is 5.45. The van der Waals surface area contributed by atoms with Gasteiger partial charge in [0.05, 0.1) is 19.3 Å². The third-order valence-corrected chi connectivity index (χ3v) is 5.61. The van der Waals surface area contributed by atoms with Gasteiger partial charge in [-0.25, -0.2) is 0 Å². The Morgan fingerprint density at radius 2 is 1.77 bits per heavy atom. The van der Waals surface area contributed by atoms with Crippen LogP contribution in [0.25, 0.3) is 17.1 Å². The molecule has 0 aliphatic rings. The van der Waals surface area contributed by atoms with Crippen LogP contribution in [-0.2, 0) is 6.54 Å². The average Bonchev–Trinajstić information content (AvgIpc) is 3.46. The first-order valence-corrected chi connectivity index (χ1v) is 10.8. The van der Waals surface area contributed by atoms with Crippen LogP contribution in [-0.4, -0.2) is 47.8 Å². The van der Waals surface area contributed by atoms with E-state index in [1.807, 2.05) is 59.2 Å². The molecule has 0 aliphatic heterocycles. The first kappa shape index (κ1) is 20.1. The van der Waals surface area contributed by atoms with E-state index in [1.165, 1.54) is 0 Å². The number of nitrogens with zero attached hydrogens (tertiary/aromatic N) is 7. The lowest BCUT2D eigenvalue weighted by Crippen LogP contribution is -2.03. The van der Waals surface area contributed by atoms with E-state index in [2.05, 4.69) is 25.6 Å². The second-order valence-corrected chi connectivity index (χ2v) is 7.70. The standard InChI is InChI=1S/C21H23N7OS/c1-29-19-13-7-6-12-18(19)27-16-22-24-21(27)30-15-9-3-8-14-28-25-20(23-26-28)17-10-4-2-5-11-17/h2,4-7,10-13,16H,3,8-9,14-15H2,1H3. The van der Waals surface area contributed by atoms with Crippen molar-refractivity contribution in [2.75, 3.05) is 12.9 Å². The molecule has 0 atom stereocenters. The van der Waals surface area contributed by atoms with Gasteiger partial charge in [-0.2, -0.15) is 4.80 Å². The lowest BCUT2D eigenvalue weighted by molar-refractivity contribution is 0.412. The Kier molecular flexibility index (Phi) is 6.71. The van der Waals surface area contributed by atoms with E-state index in [0.29, 0.717) is 5.82 Å². The fourth-order valence-electron chi connectivity index (χ4n) is 3.05. The van der Waals surface area contributed by atoms with Gasteiger partial charge in [-0.15, -0.1) is 20.4 Å². The van der Waals surface area contributed by atoms with Gasteiger partial charge in [0.2, 0.25) is 5.82 Å². The fourth-order valence-corrected chi connectivity index (χ4v) is 3.97. The van der Waals surface area contributed by atoms with E-state index in [1.54, 1.807) is 30.0 Å². The molecule has 4 rings (SSSR count). The van der Waals surface area contributed by atoms with E-state index in [0.717, 1.165) is 53.7 Å². The summed E-state index contributed by atoms with van der Waals surface area (Å²) < 4.78 is 7.41. The lowest BCUT2D eigenvalue weighted by atomic mass is 10.2. The number of hydrogen-bond donors (Lipinski definition) is 0. The van der Waals surface area contributed by atoms with Crippen molar-refractivity contribution in [3.8, 4) is 22.8 Å². The van der Waals surface area contributed by atoms with Crippen molar-refractivity contribution in [3.63, 3.8) is 0 Å². The molecule has 0 spiro atoms. The molecule has 0 bridgehead atoms. The van der Waals surface area contributed by atoms with E-state index in [-0.39, 0.29) is 0 Å². The minimum absolute atomic E-state index is 0.668. The number of thioether (sulfide) groups is 1. The van der Waals surface area contributed by atoms with Crippen molar-refractivity contribution in [3.05, 3.63) is 60.9 Å². The van der Waals surface area contributed by atoms with Gasteiger partial charge >= 0.3 is 0 Å². The van der Waals surface area contributed by atoms with Crippen LogP contribution in [0.2, 0.25) is 0 Å². The molecule has 0 aliphatic carbocycles. The summed E-state index contributed by atoms with van der Waals surface area (Å²) in [6.07, 6.45) is 4.88. The highest BCUT2D eigenvalue weighted by Crippen LogP contribution is 2.27. The summed E-state index contributed by atoms with van der Waals surface area (Å²) in [5.74, 6) is 2.43. The van der Waals surface area contributed by atoms with Crippen LogP contribution in [0, 0.1) is 0 Å². The molecule has 0 N–H and O–H groups in total. The predicted molar refractivity (Wildman–Crippen MR) is 116 cm³/mol. The first-order valence-electron chi connectivity index (χ1n) is 9.84. The van der Waals surface area contributed by atoms with Gasteiger partial charge in [-0.3, -0.25) is 4.57 Å². The number of unbranched alkanes of at least 4 members (excludes halogenated alkanes) is 2. The molecule has 0 saturated heterocycles. The number of tetrazole rings is 1. The minimum atomic E-state index is 0.668. The maximum Gasteiger partial charge on any atom is 0.204 e. The Morgan fingerprint density at radius 1 is 0.933 bits per heavy atom. The average molecular weight is 422 g/mol. The molecule has 30 heavy (non-hydrogen) atoms. The van der Waals surface area contributed by atoms with Crippen molar-refractivity contribution in [1.29, 1.82) is 0 Å². The van der Waals surface area contributed by atoms with Crippen LogP contribution in [0.4, 0.5) is 0 Å². The zero-order chi connectivity index (χ0) is 20.6. The molecule has 2 aromatic heterocycles. The number of methoxy groups -OCH3 is 1. The molecule has 2 aromatic carbocycles. The quantitative estimate of drug-likeness (QED) is 0.284. The molecule has 0 amide bonds. The van der Waals surface area contributed by atoms with Crippen molar-refractivity contribution < 1.29 is 4.74 Å². The number of rotatable bonds is 10. The molecule has 0 saturated carbocycles. The van der Waals surface area contributed by atoms with E-state index < -0.39 is 0 Å². The SMILES string of the molecule is COc1ccccc1-n1cnnc1SCCCCCn1nnc(-c2ccccc2)n1. The zero-order valence-electron chi connectivity index (χ0n) is 16.8. The van der Waals surface area contributed by atoms with Crippen LogP contribution in [0.5, 0.6) is 5.75 Å². The molecule has 0 radical (unpaired) electrons. The van der Waals surface area contributed by atoms with Crippen LogP contribution in [0.1, 0.15) is 19.3 Å². The van der Waals surface area contributed by atoms with Crippen molar-refractivity contribution >= 4 is 11.8 Å². The molecule has 0 fully saturated rings. The Bertz CT molecular complexity index is 1060. The molecule has 154 valence electrons. The van der Waals surface area contributed by atoms with Crippen molar-refractivity contribution in [2.45, 2.75) is 31.0 Å². The Morgan fingerprint density at radius 3 is 2.63 bits per heavy atom. The summed E-state index contributed by atoms with van der Waals surface area (Å²) >= 11 is 1.70. The topological polar surface area (TPSA) is 83.5 Å². The summed E-state index contributed by atoms with van der Waals surface area (Å²) in [4.78, 5) is 1.67. The number of benzene rings is 2. The largest absolute Gasteiger partial charge is 0.495 e. The van der Waals surface area contributed by atoms with Gasteiger partial charge in [-0.1, -0.05) is 60.6 Å². The van der Waals surface area contributed by atoms with Gasteiger partial charge in [0.15, 0.2) is 5.16 Å². The number of aromatic nitrogens is 7. The maximum absolute atomic E-state index is 5.45.